The zero-order valence-electron chi connectivity index (χ0n) is 11.2. The van der Waals surface area contributed by atoms with E-state index in [9.17, 15) is 14.7 Å². The minimum Gasteiger partial charge on any atom is -0.507 e. The van der Waals surface area contributed by atoms with Crippen molar-refractivity contribution in [3.8, 4) is 5.75 Å². The number of phenols is 1. The number of carbonyl (C=O) groups excluding carboxylic acids is 1. The molecule has 19 heavy (non-hydrogen) atoms. The van der Waals surface area contributed by atoms with E-state index < -0.39 is 11.5 Å². The molecule has 0 aliphatic carbocycles. The summed E-state index contributed by atoms with van der Waals surface area (Å²) in [5.41, 5.74) is -0.694. The average molecular weight is 266 g/mol. The van der Waals surface area contributed by atoms with E-state index in [0.717, 1.165) is 0 Å². The Morgan fingerprint density at radius 2 is 1.95 bits per heavy atom. The largest absolute Gasteiger partial charge is 0.507 e. The number of hydrogen-bond acceptors (Lipinski definition) is 4. The second-order valence-electron chi connectivity index (χ2n) is 4.65. The van der Waals surface area contributed by atoms with Gasteiger partial charge < -0.3 is 20.8 Å². The highest BCUT2D eigenvalue weighted by atomic mass is 16.4. The summed E-state index contributed by atoms with van der Waals surface area (Å²) >= 11 is 0. The summed E-state index contributed by atoms with van der Waals surface area (Å²) < 4.78 is 0. The first-order valence-corrected chi connectivity index (χ1v) is 5.90. The molecular weight excluding hydrogens is 248 g/mol. The number of likely N-dealkylation sites (N-methyl/N-ethyl adjacent to an activating group) is 1. The number of carboxylic acid groups (broad SMARTS) is 1. The smallest absolute Gasteiger partial charge is 0.339 e. The van der Waals surface area contributed by atoms with Crippen LogP contribution in [0.1, 0.15) is 31.1 Å². The summed E-state index contributed by atoms with van der Waals surface area (Å²) in [6.45, 7) is 5.98. The fourth-order valence-electron chi connectivity index (χ4n) is 1.59. The number of benzene rings is 1. The van der Waals surface area contributed by atoms with Crippen molar-refractivity contribution >= 4 is 17.6 Å². The van der Waals surface area contributed by atoms with E-state index in [1.54, 1.807) is 13.8 Å². The fourth-order valence-corrected chi connectivity index (χ4v) is 1.59. The number of carbonyl (C=O) groups is 2. The summed E-state index contributed by atoms with van der Waals surface area (Å²) in [6, 6.07) is 3.90. The summed E-state index contributed by atoms with van der Waals surface area (Å²) in [4.78, 5) is 22.9. The Hall–Kier alpha value is -2.08. The fraction of sp³-hybridized carbons (Fsp3) is 0.385. The Bertz CT molecular complexity index is 497. The van der Waals surface area contributed by atoms with E-state index in [0.29, 0.717) is 12.2 Å². The van der Waals surface area contributed by atoms with Gasteiger partial charge in [-0.1, -0.05) is 6.92 Å². The molecule has 0 bridgehead atoms. The van der Waals surface area contributed by atoms with Gasteiger partial charge in [0.2, 0.25) is 5.91 Å². The third kappa shape index (κ3) is 3.69. The molecule has 0 fully saturated rings. The van der Waals surface area contributed by atoms with Gasteiger partial charge in [0.25, 0.3) is 0 Å². The van der Waals surface area contributed by atoms with Crippen molar-refractivity contribution in [3.05, 3.63) is 23.8 Å². The standard InChI is InChI=1S/C13H18N2O4/c1-4-14-13(2,3)12(19)15-8-5-6-10(16)9(7-8)11(17)18/h5-7,14,16H,4H2,1-3H3,(H,15,19)(H,17,18). The topological polar surface area (TPSA) is 98.7 Å². The highest BCUT2D eigenvalue weighted by Crippen LogP contribution is 2.22. The molecule has 0 aromatic heterocycles. The number of anilines is 1. The number of rotatable bonds is 5. The van der Waals surface area contributed by atoms with Crippen LogP contribution in [-0.4, -0.2) is 34.2 Å². The lowest BCUT2D eigenvalue weighted by molar-refractivity contribution is -0.121. The molecule has 104 valence electrons. The van der Waals surface area contributed by atoms with Gasteiger partial charge in [0.1, 0.15) is 11.3 Å². The van der Waals surface area contributed by atoms with Gasteiger partial charge in [-0.15, -0.1) is 0 Å². The van der Waals surface area contributed by atoms with Gasteiger partial charge in [-0.25, -0.2) is 4.79 Å². The summed E-state index contributed by atoms with van der Waals surface area (Å²) in [7, 11) is 0. The van der Waals surface area contributed by atoms with Gasteiger partial charge in [-0.05, 0) is 38.6 Å². The molecule has 1 rings (SSSR count). The normalized spacial score (nSPS) is 11.1. The van der Waals surface area contributed by atoms with E-state index >= 15 is 0 Å². The van der Waals surface area contributed by atoms with Crippen LogP contribution >= 0.6 is 0 Å². The minimum atomic E-state index is -1.25. The van der Waals surface area contributed by atoms with Crippen molar-refractivity contribution in [2.75, 3.05) is 11.9 Å². The van der Waals surface area contributed by atoms with E-state index in [1.807, 2.05) is 6.92 Å². The zero-order valence-corrected chi connectivity index (χ0v) is 11.2. The molecule has 0 heterocycles. The van der Waals surface area contributed by atoms with Gasteiger partial charge in [-0.3, -0.25) is 4.79 Å². The van der Waals surface area contributed by atoms with Crippen molar-refractivity contribution in [2.45, 2.75) is 26.3 Å². The molecule has 4 N–H and O–H groups in total. The van der Waals surface area contributed by atoms with Crippen molar-refractivity contribution in [1.82, 2.24) is 5.32 Å². The molecule has 6 heteroatoms. The van der Waals surface area contributed by atoms with Crippen LogP contribution < -0.4 is 10.6 Å². The van der Waals surface area contributed by atoms with Crippen LogP contribution in [0.3, 0.4) is 0 Å². The second-order valence-corrected chi connectivity index (χ2v) is 4.65. The van der Waals surface area contributed by atoms with Crippen LogP contribution in [0.4, 0.5) is 5.69 Å². The predicted molar refractivity (Wildman–Crippen MR) is 71.5 cm³/mol. The molecule has 0 spiro atoms. The molecule has 0 aliphatic rings. The molecule has 6 nitrogen and oxygen atoms in total. The maximum atomic E-state index is 12.0. The highest BCUT2D eigenvalue weighted by molar-refractivity contribution is 5.99. The minimum absolute atomic E-state index is 0.251. The Kier molecular flexibility index (Phi) is 4.50. The van der Waals surface area contributed by atoms with Crippen molar-refractivity contribution in [3.63, 3.8) is 0 Å². The van der Waals surface area contributed by atoms with Crippen molar-refractivity contribution in [1.29, 1.82) is 0 Å². The molecular formula is C13H18N2O4. The van der Waals surface area contributed by atoms with E-state index in [-0.39, 0.29) is 17.2 Å². The van der Waals surface area contributed by atoms with E-state index in [2.05, 4.69) is 10.6 Å². The van der Waals surface area contributed by atoms with Crippen molar-refractivity contribution < 1.29 is 19.8 Å². The predicted octanol–water partition coefficient (Wildman–Crippen LogP) is 1.42. The molecule has 0 saturated carbocycles. The summed E-state index contributed by atoms with van der Waals surface area (Å²) in [6.07, 6.45) is 0. The third-order valence-corrected chi connectivity index (χ3v) is 2.67. The van der Waals surface area contributed by atoms with Gasteiger partial charge in [-0.2, -0.15) is 0 Å². The Labute approximate surface area is 111 Å². The lowest BCUT2D eigenvalue weighted by Gasteiger charge is -2.24. The van der Waals surface area contributed by atoms with Gasteiger partial charge in [0, 0.05) is 5.69 Å². The number of carboxylic acids is 1. The van der Waals surface area contributed by atoms with E-state index in [1.165, 1.54) is 18.2 Å². The Morgan fingerprint density at radius 1 is 1.32 bits per heavy atom. The quantitative estimate of drug-likeness (QED) is 0.604. The number of hydrogen-bond donors (Lipinski definition) is 4. The molecule has 1 aromatic carbocycles. The first-order valence-electron chi connectivity index (χ1n) is 5.90. The van der Waals surface area contributed by atoms with Gasteiger partial charge in [0.05, 0.1) is 5.54 Å². The maximum Gasteiger partial charge on any atom is 0.339 e. The third-order valence-electron chi connectivity index (χ3n) is 2.67. The number of nitrogens with one attached hydrogen (secondary N) is 2. The average Bonchev–Trinajstić information content (AvgIpc) is 2.31. The molecule has 0 aliphatic heterocycles. The summed E-state index contributed by atoms with van der Waals surface area (Å²) in [5.74, 6) is -1.87. The van der Waals surface area contributed by atoms with Gasteiger partial charge >= 0.3 is 5.97 Å². The van der Waals surface area contributed by atoms with Crippen LogP contribution in [0.5, 0.6) is 5.75 Å². The van der Waals surface area contributed by atoms with Crippen LogP contribution in [0, 0.1) is 0 Å². The lowest BCUT2D eigenvalue weighted by Crippen LogP contribution is -2.49. The zero-order chi connectivity index (χ0) is 14.6. The van der Waals surface area contributed by atoms with Crippen LogP contribution in [-0.2, 0) is 4.79 Å². The molecule has 0 saturated heterocycles. The van der Waals surface area contributed by atoms with Crippen molar-refractivity contribution in [2.24, 2.45) is 0 Å². The Morgan fingerprint density at radius 3 is 2.47 bits per heavy atom. The number of aromatic hydroxyl groups is 1. The number of aromatic carboxylic acids is 1. The first kappa shape index (κ1) is 15.0. The molecule has 0 atom stereocenters. The second kappa shape index (κ2) is 5.71. The van der Waals surface area contributed by atoms with Gasteiger partial charge in [0.15, 0.2) is 0 Å². The molecule has 0 radical (unpaired) electrons. The SMILES string of the molecule is CCNC(C)(C)C(=O)Nc1ccc(O)c(C(=O)O)c1. The maximum absolute atomic E-state index is 12.0. The van der Waals surface area contributed by atoms with Crippen LogP contribution in [0.2, 0.25) is 0 Å². The van der Waals surface area contributed by atoms with Crippen LogP contribution in [0.25, 0.3) is 0 Å². The van der Waals surface area contributed by atoms with E-state index in [4.69, 9.17) is 5.11 Å². The molecule has 0 unspecified atom stereocenters. The highest BCUT2D eigenvalue weighted by Gasteiger charge is 2.26. The number of amides is 1. The lowest BCUT2D eigenvalue weighted by atomic mass is 10.0. The summed E-state index contributed by atoms with van der Waals surface area (Å²) in [5, 5.41) is 23.9. The molecule has 1 aromatic rings. The first-order chi connectivity index (χ1) is 8.77. The Balaban J connectivity index is 2.92. The monoisotopic (exact) mass is 266 g/mol. The molecule has 1 amide bonds. The van der Waals surface area contributed by atoms with Crippen LogP contribution in [0.15, 0.2) is 18.2 Å².